The first-order valence-electron chi connectivity index (χ1n) is 9.78. The SMILES string of the molecule is CC[Si](CC)(CC)[O][Al]([O]c1ccc(C(Cl)(Cl)Cl)cc1)[O]c1ccc(C(Cl)(Cl)Cl)cc1. The van der Waals surface area contributed by atoms with Gasteiger partial charge in [0.15, 0.2) is 8.32 Å². The molecule has 0 aliphatic carbocycles. The van der Waals surface area contributed by atoms with Crippen LogP contribution in [0.15, 0.2) is 48.5 Å². The molecule has 2 rings (SSSR count). The Morgan fingerprint density at radius 1 is 0.645 bits per heavy atom. The largest absolute Gasteiger partial charge is 1.09 e. The van der Waals surface area contributed by atoms with E-state index in [1.54, 1.807) is 48.5 Å². The first-order valence-corrected chi connectivity index (χ1v) is 16.0. The molecule has 0 bridgehead atoms. The highest BCUT2D eigenvalue weighted by atomic mass is 35.6. The Bertz CT molecular complexity index is 753. The molecule has 0 aliphatic heterocycles. The smallest absolute Gasteiger partial charge is 0.589 e. The quantitative estimate of drug-likeness (QED) is 0.220. The van der Waals surface area contributed by atoms with Gasteiger partial charge in [0, 0.05) is 11.1 Å². The molecule has 0 saturated carbocycles. The Morgan fingerprint density at radius 3 is 1.23 bits per heavy atom. The van der Waals surface area contributed by atoms with Crippen molar-refractivity contribution in [1.29, 1.82) is 0 Å². The molecule has 0 aliphatic rings. The minimum atomic E-state index is -2.62. The Labute approximate surface area is 220 Å². The first-order chi connectivity index (χ1) is 14.4. The number of benzene rings is 2. The van der Waals surface area contributed by atoms with Crippen molar-refractivity contribution in [1.82, 2.24) is 0 Å². The van der Waals surface area contributed by atoms with Crippen molar-refractivity contribution >= 4 is 93.1 Å². The number of rotatable bonds is 9. The van der Waals surface area contributed by atoms with Crippen LogP contribution in [0.2, 0.25) is 18.1 Å². The molecule has 0 amide bonds. The molecule has 31 heavy (non-hydrogen) atoms. The van der Waals surface area contributed by atoms with E-state index in [1.165, 1.54) is 0 Å². The van der Waals surface area contributed by atoms with Crippen molar-refractivity contribution in [2.45, 2.75) is 46.5 Å². The average Bonchev–Trinajstić information content (AvgIpc) is 2.71. The number of alkyl halides is 6. The van der Waals surface area contributed by atoms with E-state index in [2.05, 4.69) is 20.8 Å². The van der Waals surface area contributed by atoms with Gasteiger partial charge in [-0.2, -0.15) is 0 Å². The van der Waals surface area contributed by atoms with Crippen LogP contribution >= 0.6 is 69.6 Å². The van der Waals surface area contributed by atoms with Crippen LogP contribution in [0.3, 0.4) is 0 Å². The molecule has 0 fully saturated rings. The zero-order chi connectivity index (χ0) is 23.3. The molecule has 170 valence electrons. The van der Waals surface area contributed by atoms with E-state index in [1.807, 2.05) is 0 Å². The van der Waals surface area contributed by atoms with Gasteiger partial charge in [0.2, 0.25) is 7.59 Å². The van der Waals surface area contributed by atoms with E-state index in [-0.39, 0.29) is 0 Å². The number of halogens is 6. The van der Waals surface area contributed by atoms with Gasteiger partial charge in [0.05, 0.1) is 11.5 Å². The highest BCUT2D eigenvalue weighted by Crippen LogP contribution is 2.39. The lowest BCUT2D eigenvalue weighted by atomic mass is 10.2. The standard InChI is InChI=1S/2C7H5Cl3O.C6H15OSi.Al/c2*8-7(9,10)5-1-3-6(11)4-2-5;1-4-8(7,5-2)6-3;/h2*1-4,11H;4-6H2,1-3H3;/q;;-1;+3/p-2. The van der Waals surface area contributed by atoms with E-state index in [0.717, 1.165) is 18.1 Å². The van der Waals surface area contributed by atoms with Gasteiger partial charge in [0.25, 0.3) is 0 Å². The van der Waals surface area contributed by atoms with Gasteiger partial charge in [0.1, 0.15) is 0 Å². The summed E-state index contributed by atoms with van der Waals surface area (Å²) < 4.78 is 15.9. The third kappa shape index (κ3) is 8.33. The normalized spacial score (nSPS) is 12.5. The fraction of sp³-hybridized carbons (Fsp3) is 0.400. The van der Waals surface area contributed by atoms with Crippen LogP contribution in [-0.2, 0) is 11.1 Å². The molecular formula is C20H23AlCl6O3Si. The molecule has 11 heteroatoms. The van der Waals surface area contributed by atoms with E-state index < -0.39 is 31.1 Å². The predicted octanol–water partition coefficient (Wildman–Crippen LogP) is 8.80. The maximum Gasteiger partial charge on any atom is 1.09 e. The zero-order valence-electron chi connectivity index (χ0n) is 17.3. The molecule has 0 saturated heterocycles. The summed E-state index contributed by atoms with van der Waals surface area (Å²) in [4.78, 5) is 0. The van der Waals surface area contributed by atoms with Crippen LogP contribution in [0, 0.1) is 0 Å². The number of hydrogen-bond acceptors (Lipinski definition) is 3. The van der Waals surface area contributed by atoms with Crippen molar-refractivity contribution < 1.29 is 11.1 Å². The summed E-state index contributed by atoms with van der Waals surface area (Å²) in [5.41, 5.74) is 1.10. The van der Waals surface area contributed by atoms with Gasteiger partial charge >= 0.3 is 15.1 Å². The van der Waals surface area contributed by atoms with Crippen LogP contribution < -0.4 is 7.58 Å². The molecule has 0 spiro atoms. The van der Waals surface area contributed by atoms with Crippen molar-refractivity contribution in [2.75, 3.05) is 0 Å². The van der Waals surface area contributed by atoms with E-state index in [0.29, 0.717) is 22.6 Å². The molecule has 0 aromatic heterocycles. The van der Waals surface area contributed by atoms with Gasteiger partial charge in [-0.15, -0.1) is 0 Å². The molecule has 0 unspecified atom stereocenters. The van der Waals surface area contributed by atoms with Gasteiger partial charge < -0.3 is 11.1 Å². The summed E-state index contributed by atoms with van der Waals surface area (Å²) in [6.45, 7) is 6.45. The van der Waals surface area contributed by atoms with Gasteiger partial charge in [-0.05, 0) is 42.4 Å². The Kier molecular flexibility index (Phi) is 10.5. The highest BCUT2D eigenvalue weighted by Gasteiger charge is 2.47. The summed E-state index contributed by atoms with van der Waals surface area (Å²) in [6.07, 6.45) is 0. The molecule has 3 nitrogen and oxygen atoms in total. The van der Waals surface area contributed by atoms with E-state index in [4.69, 9.17) is 80.7 Å². The van der Waals surface area contributed by atoms with Gasteiger partial charge in [-0.3, -0.25) is 0 Å². The lowest BCUT2D eigenvalue weighted by Gasteiger charge is -2.31. The average molecular weight is 579 g/mol. The van der Waals surface area contributed by atoms with Crippen molar-refractivity contribution in [2.24, 2.45) is 0 Å². The molecule has 0 heterocycles. The minimum absolute atomic E-state index is 0.548. The Morgan fingerprint density at radius 2 is 0.968 bits per heavy atom. The Balaban J connectivity index is 2.26. The van der Waals surface area contributed by atoms with Gasteiger partial charge in [-0.25, -0.2) is 0 Å². The van der Waals surface area contributed by atoms with Crippen LogP contribution in [0.25, 0.3) is 0 Å². The topological polar surface area (TPSA) is 27.7 Å². The molecular weight excluding hydrogens is 556 g/mol. The van der Waals surface area contributed by atoms with Crippen LogP contribution in [-0.4, -0.2) is 23.5 Å². The molecule has 0 radical (unpaired) electrons. The summed E-state index contributed by atoms with van der Waals surface area (Å²) in [5, 5.41) is 0. The Hall–Kier alpha value is 0.489. The first kappa shape index (κ1) is 27.7. The second-order valence-corrected chi connectivity index (χ2v) is 18.0. The lowest BCUT2D eigenvalue weighted by Crippen LogP contribution is -2.47. The summed E-state index contributed by atoms with van der Waals surface area (Å²) in [5.74, 6) is 1.16. The molecule has 0 N–H and O–H groups in total. The fourth-order valence-electron chi connectivity index (χ4n) is 2.94. The third-order valence-electron chi connectivity index (χ3n) is 5.11. The van der Waals surface area contributed by atoms with Crippen LogP contribution in [0.5, 0.6) is 11.5 Å². The van der Waals surface area contributed by atoms with Gasteiger partial charge in [-0.1, -0.05) is 115 Å². The second-order valence-electron chi connectivity index (χ2n) is 6.93. The van der Waals surface area contributed by atoms with Crippen molar-refractivity contribution in [3.63, 3.8) is 0 Å². The second kappa shape index (κ2) is 11.8. The van der Waals surface area contributed by atoms with Crippen LogP contribution in [0.4, 0.5) is 0 Å². The molecule has 2 aromatic carbocycles. The summed E-state index contributed by atoms with van der Waals surface area (Å²) >= 11 is 33.0. The third-order valence-corrected chi connectivity index (χ3v) is 14.0. The van der Waals surface area contributed by atoms with Crippen molar-refractivity contribution in [3.05, 3.63) is 59.7 Å². The van der Waals surface area contributed by atoms with E-state index in [9.17, 15) is 0 Å². The van der Waals surface area contributed by atoms with E-state index >= 15 is 0 Å². The van der Waals surface area contributed by atoms with Crippen LogP contribution in [0.1, 0.15) is 31.9 Å². The zero-order valence-corrected chi connectivity index (χ0v) is 24.0. The minimum Gasteiger partial charge on any atom is -0.589 e. The summed E-state index contributed by atoms with van der Waals surface area (Å²) in [6, 6.07) is 16.7. The highest BCUT2D eigenvalue weighted by molar-refractivity contribution is 6.78. The molecule has 0 atom stereocenters. The summed E-state index contributed by atoms with van der Waals surface area (Å²) in [7, 11) is -1.98. The lowest BCUT2D eigenvalue weighted by molar-refractivity contribution is 0.299. The maximum atomic E-state index is 6.57. The van der Waals surface area contributed by atoms with Crippen molar-refractivity contribution in [3.8, 4) is 11.5 Å². The monoisotopic (exact) mass is 576 g/mol. The fourth-order valence-corrected chi connectivity index (χ4v) is 10.0. The predicted molar refractivity (Wildman–Crippen MR) is 137 cm³/mol. The number of hydrogen-bond donors (Lipinski definition) is 0. The maximum absolute atomic E-state index is 6.57. The molecule has 2 aromatic rings.